The Kier molecular flexibility index (Phi) is 6.51. The molecule has 1 aliphatic carbocycles. The zero-order valence-corrected chi connectivity index (χ0v) is 20.7. The van der Waals surface area contributed by atoms with Gasteiger partial charge in [0.2, 0.25) is 0 Å². The summed E-state index contributed by atoms with van der Waals surface area (Å²) in [5.74, 6) is -0.280. The predicted molar refractivity (Wildman–Crippen MR) is 137 cm³/mol. The maximum absolute atomic E-state index is 13.6. The number of carbonyl (C=O) groups excluding carboxylic acids is 1. The van der Waals surface area contributed by atoms with Gasteiger partial charge in [0.05, 0.1) is 29.7 Å². The van der Waals surface area contributed by atoms with Crippen LogP contribution in [-0.2, 0) is 6.54 Å². The van der Waals surface area contributed by atoms with Crippen molar-refractivity contribution in [1.29, 1.82) is 0 Å². The molecule has 2 aromatic heterocycles. The van der Waals surface area contributed by atoms with Crippen molar-refractivity contribution in [2.75, 3.05) is 12.8 Å². The third kappa shape index (κ3) is 4.97. The lowest BCUT2D eigenvalue weighted by Crippen LogP contribution is -2.31. The van der Waals surface area contributed by atoms with E-state index >= 15 is 0 Å². The number of hydrogen-bond acceptors (Lipinski definition) is 7. The molecule has 4 N–H and O–H groups in total. The second kappa shape index (κ2) is 9.78. The summed E-state index contributed by atoms with van der Waals surface area (Å²) in [6.07, 6.45) is 4.41. The largest absolute Gasteiger partial charge is 0.496 e. The number of amides is 1. The number of anilines is 1. The van der Waals surface area contributed by atoms with E-state index < -0.39 is 17.3 Å². The van der Waals surface area contributed by atoms with Gasteiger partial charge < -0.3 is 20.9 Å². The highest BCUT2D eigenvalue weighted by Crippen LogP contribution is 2.38. The molecule has 2 heterocycles. The van der Waals surface area contributed by atoms with Gasteiger partial charge in [-0.2, -0.15) is 5.10 Å². The first-order valence-electron chi connectivity index (χ1n) is 12.2. The van der Waals surface area contributed by atoms with E-state index in [9.17, 15) is 14.3 Å². The molecule has 0 unspecified atom stereocenters. The van der Waals surface area contributed by atoms with Gasteiger partial charge in [-0.05, 0) is 56.4 Å². The first kappa shape index (κ1) is 24.6. The molecule has 10 heteroatoms. The molecule has 1 amide bonds. The Morgan fingerprint density at radius 3 is 2.65 bits per heavy atom. The molecule has 0 bridgehead atoms. The normalized spacial score (nSPS) is 19.6. The van der Waals surface area contributed by atoms with Gasteiger partial charge in [-0.15, -0.1) is 0 Å². The lowest BCUT2D eigenvalue weighted by molar-refractivity contribution is 0.00900. The van der Waals surface area contributed by atoms with Gasteiger partial charge in [0.15, 0.2) is 5.65 Å². The highest BCUT2D eigenvalue weighted by Gasteiger charge is 2.31. The van der Waals surface area contributed by atoms with E-state index in [1.807, 2.05) is 35.9 Å². The van der Waals surface area contributed by atoms with Crippen molar-refractivity contribution in [3.8, 4) is 17.0 Å². The number of rotatable bonds is 6. The topological polar surface area (TPSA) is 128 Å². The van der Waals surface area contributed by atoms with Gasteiger partial charge in [-0.3, -0.25) is 4.79 Å². The number of nitrogens with zero attached hydrogens (tertiary/aromatic N) is 4. The molecule has 2 aromatic carbocycles. The Bertz CT molecular complexity index is 1440. The summed E-state index contributed by atoms with van der Waals surface area (Å²) in [5, 5.41) is 18.8. The van der Waals surface area contributed by atoms with E-state index in [4.69, 9.17) is 15.6 Å². The average Bonchev–Trinajstić information content (AvgIpc) is 3.28. The monoisotopic (exact) mass is 504 g/mol. The Balaban J connectivity index is 1.37. The summed E-state index contributed by atoms with van der Waals surface area (Å²) in [6, 6.07) is 11.5. The molecule has 0 aliphatic heterocycles. The van der Waals surface area contributed by atoms with Gasteiger partial charge in [0.1, 0.15) is 29.4 Å². The number of nitrogens with one attached hydrogen (secondary N) is 1. The molecule has 0 radical (unpaired) electrons. The zero-order chi connectivity index (χ0) is 26.2. The number of halogens is 1. The molecule has 1 fully saturated rings. The summed E-state index contributed by atoms with van der Waals surface area (Å²) in [6.45, 7) is 2.12. The van der Waals surface area contributed by atoms with Crippen molar-refractivity contribution in [1.82, 2.24) is 25.1 Å². The highest BCUT2D eigenvalue weighted by atomic mass is 19.1. The third-order valence-corrected chi connectivity index (χ3v) is 6.98. The fourth-order valence-corrected chi connectivity index (χ4v) is 4.84. The molecular formula is C27H29FN6O3. The Labute approximate surface area is 213 Å². The zero-order valence-electron chi connectivity index (χ0n) is 20.7. The van der Waals surface area contributed by atoms with Gasteiger partial charge in [-0.25, -0.2) is 19.0 Å². The van der Waals surface area contributed by atoms with Crippen molar-refractivity contribution in [2.45, 2.75) is 50.8 Å². The Morgan fingerprint density at radius 1 is 1.22 bits per heavy atom. The van der Waals surface area contributed by atoms with E-state index in [-0.39, 0.29) is 18.2 Å². The minimum absolute atomic E-state index is 0.111. The molecule has 192 valence electrons. The van der Waals surface area contributed by atoms with Crippen LogP contribution in [0.2, 0.25) is 0 Å². The van der Waals surface area contributed by atoms with Crippen LogP contribution >= 0.6 is 0 Å². The quantitative estimate of drug-likeness (QED) is 0.362. The summed E-state index contributed by atoms with van der Waals surface area (Å²) < 4.78 is 20.7. The lowest BCUT2D eigenvalue weighted by Gasteiger charge is -2.33. The molecule has 1 saturated carbocycles. The maximum Gasteiger partial charge on any atom is 0.255 e. The van der Waals surface area contributed by atoms with Crippen LogP contribution < -0.4 is 15.8 Å². The number of methoxy groups -OCH3 is 1. The fraction of sp³-hybridized carbons (Fsp3) is 0.333. The molecule has 4 aromatic rings. The van der Waals surface area contributed by atoms with E-state index in [0.717, 1.165) is 30.0 Å². The predicted octanol–water partition coefficient (Wildman–Crippen LogP) is 4.02. The molecule has 37 heavy (non-hydrogen) atoms. The summed E-state index contributed by atoms with van der Waals surface area (Å²) in [7, 11) is 1.43. The number of aliphatic hydroxyl groups is 1. The van der Waals surface area contributed by atoms with Gasteiger partial charge in [0, 0.05) is 12.1 Å². The highest BCUT2D eigenvalue weighted by molar-refractivity contribution is 5.98. The summed E-state index contributed by atoms with van der Waals surface area (Å²) in [5.41, 5.74) is 8.80. The summed E-state index contributed by atoms with van der Waals surface area (Å²) >= 11 is 0. The van der Waals surface area contributed by atoms with Crippen molar-refractivity contribution < 1.29 is 19.0 Å². The second-order valence-corrected chi connectivity index (χ2v) is 9.70. The molecular weight excluding hydrogens is 475 g/mol. The minimum atomic E-state index is -0.651. The van der Waals surface area contributed by atoms with E-state index in [0.29, 0.717) is 41.1 Å². The van der Waals surface area contributed by atoms with Crippen molar-refractivity contribution in [3.05, 3.63) is 65.7 Å². The van der Waals surface area contributed by atoms with E-state index in [1.54, 1.807) is 0 Å². The first-order chi connectivity index (χ1) is 17.8. The molecule has 1 aliphatic rings. The molecule has 0 saturated heterocycles. The summed E-state index contributed by atoms with van der Waals surface area (Å²) in [4.78, 5) is 21.3. The number of aromatic nitrogens is 4. The van der Waals surface area contributed by atoms with Crippen molar-refractivity contribution >= 4 is 22.8 Å². The number of nitrogen functional groups attached to an aromatic ring is 1. The van der Waals surface area contributed by atoms with Crippen LogP contribution in [0.1, 0.15) is 54.6 Å². The first-order valence-corrected chi connectivity index (χ1v) is 12.2. The van der Waals surface area contributed by atoms with Gasteiger partial charge in [-0.1, -0.05) is 24.3 Å². The van der Waals surface area contributed by atoms with Crippen molar-refractivity contribution in [2.24, 2.45) is 0 Å². The number of fused-ring (bicyclic) bond motifs is 1. The fourth-order valence-electron chi connectivity index (χ4n) is 4.84. The number of carbonyl (C=O) groups is 1. The third-order valence-electron chi connectivity index (χ3n) is 6.98. The van der Waals surface area contributed by atoms with Gasteiger partial charge >= 0.3 is 0 Å². The smallest absolute Gasteiger partial charge is 0.255 e. The lowest BCUT2D eigenvalue weighted by atomic mass is 9.84. The van der Waals surface area contributed by atoms with Gasteiger partial charge in [0.25, 0.3) is 5.91 Å². The van der Waals surface area contributed by atoms with E-state index in [1.165, 1.54) is 25.6 Å². The minimum Gasteiger partial charge on any atom is -0.496 e. The van der Waals surface area contributed by atoms with Crippen LogP contribution in [0.4, 0.5) is 10.2 Å². The number of nitrogens with two attached hydrogens (primary N) is 1. The molecule has 9 nitrogen and oxygen atoms in total. The molecule has 0 spiro atoms. The number of benzene rings is 2. The second-order valence-electron chi connectivity index (χ2n) is 9.70. The molecule has 0 atom stereocenters. The van der Waals surface area contributed by atoms with Crippen LogP contribution in [0.25, 0.3) is 22.3 Å². The maximum atomic E-state index is 13.6. The van der Waals surface area contributed by atoms with E-state index in [2.05, 4.69) is 15.3 Å². The Morgan fingerprint density at radius 2 is 1.95 bits per heavy atom. The Hall–Kier alpha value is -4.05. The number of hydrogen-bond donors (Lipinski definition) is 3. The van der Waals surface area contributed by atoms with Crippen molar-refractivity contribution in [3.63, 3.8) is 0 Å². The van der Waals surface area contributed by atoms with Crippen LogP contribution in [-0.4, -0.2) is 43.5 Å². The molecule has 5 rings (SSSR count). The SMILES string of the molecule is COc1ccc(F)cc1C(=O)NCc1ccc(-c2nn(C3CCC(C)(O)CC3)c3ncnc(N)c23)cc1. The van der Waals surface area contributed by atoms with Crippen LogP contribution in [0.15, 0.2) is 48.8 Å². The van der Waals surface area contributed by atoms with Crippen LogP contribution in [0.5, 0.6) is 5.75 Å². The number of ether oxygens (including phenoxy) is 1. The standard InChI is InChI=1S/C27H29FN6O3/c1-27(36)11-9-19(10-12-27)34-25-22(24(29)31-15-32-25)23(33-34)17-5-3-16(4-6-17)14-30-26(35)20-13-18(28)7-8-21(20)37-2/h3-8,13,15,19,36H,9-12,14H2,1-2H3,(H,30,35)(H2,29,31,32). The van der Waals surface area contributed by atoms with Crippen LogP contribution in [0.3, 0.4) is 0 Å². The van der Waals surface area contributed by atoms with Crippen LogP contribution in [0, 0.1) is 5.82 Å². The average molecular weight is 505 g/mol.